The summed E-state index contributed by atoms with van der Waals surface area (Å²) in [6, 6.07) is 17.1. The number of para-hydroxylation sites is 1. The fraction of sp³-hybridized carbons (Fsp3) is 0.0556. The summed E-state index contributed by atoms with van der Waals surface area (Å²) in [5.74, 6) is 1.52. The van der Waals surface area contributed by atoms with Crippen LogP contribution in [-0.4, -0.2) is 4.98 Å². The molecule has 0 atom stereocenters. The van der Waals surface area contributed by atoms with Crippen LogP contribution in [0.2, 0.25) is 0 Å². The summed E-state index contributed by atoms with van der Waals surface area (Å²) >= 11 is 3.27. The lowest BCUT2D eigenvalue weighted by Crippen LogP contribution is -2.08. The van der Waals surface area contributed by atoms with Gasteiger partial charge in [-0.3, -0.25) is 4.79 Å². The number of hydrogen-bond acceptors (Lipinski definition) is 2. The summed E-state index contributed by atoms with van der Waals surface area (Å²) in [6.45, 7) is 1.89. The Labute approximate surface area is 136 Å². The maximum Gasteiger partial charge on any atom is 0.203 e. The van der Waals surface area contributed by atoms with Crippen molar-refractivity contribution in [3.63, 3.8) is 0 Å². The van der Waals surface area contributed by atoms with E-state index in [2.05, 4.69) is 20.9 Å². The summed E-state index contributed by atoms with van der Waals surface area (Å²) < 4.78 is 6.28. The number of nitrogens with one attached hydrogen (secondary N) is 1. The third-order valence-electron chi connectivity index (χ3n) is 3.36. The lowest BCUT2D eigenvalue weighted by molar-refractivity contribution is 0.483. The second-order valence-corrected chi connectivity index (χ2v) is 5.76. The molecule has 0 aliphatic carbocycles. The van der Waals surface area contributed by atoms with Crippen LogP contribution in [0.1, 0.15) is 5.69 Å². The molecule has 3 aromatic rings. The van der Waals surface area contributed by atoms with Gasteiger partial charge in [-0.2, -0.15) is 0 Å². The molecule has 0 fully saturated rings. The van der Waals surface area contributed by atoms with Gasteiger partial charge in [0.15, 0.2) is 0 Å². The van der Waals surface area contributed by atoms with Crippen LogP contribution in [0.5, 0.6) is 11.5 Å². The molecule has 2 aromatic carbocycles. The van der Waals surface area contributed by atoms with Crippen molar-refractivity contribution in [2.75, 3.05) is 0 Å². The first kappa shape index (κ1) is 14.6. The van der Waals surface area contributed by atoms with Gasteiger partial charge in [0.1, 0.15) is 11.5 Å². The maximum absolute atomic E-state index is 12.3. The van der Waals surface area contributed by atoms with E-state index in [4.69, 9.17) is 4.74 Å². The standard InChI is InChI=1S/C18H14BrNO2/c1-12-17(18(21)16(19)11-20-12)13-7-9-15(10-8-13)22-14-5-3-2-4-6-14/h2-11H,1H3,(H,20,21). The van der Waals surface area contributed by atoms with E-state index in [9.17, 15) is 4.79 Å². The second-order valence-electron chi connectivity index (χ2n) is 4.91. The molecule has 0 aliphatic rings. The molecule has 110 valence electrons. The van der Waals surface area contributed by atoms with E-state index in [0.717, 1.165) is 22.8 Å². The van der Waals surface area contributed by atoms with Crippen LogP contribution >= 0.6 is 15.9 Å². The number of aromatic nitrogens is 1. The molecule has 0 aliphatic heterocycles. The van der Waals surface area contributed by atoms with Gasteiger partial charge in [0.2, 0.25) is 5.43 Å². The first-order valence-corrected chi connectivity index (χ1v) is 7.65. The molecule has 0 bridgehead atoms. The smallest absolute Gasteiger partial charge is 0.203 e. The molecule has 1 N–H and O–H groups in total. The Balaban J connectivity index is 1.92. The molecule has 4 heteroatoms. The maximum atomic E-state index is 12.3. The van der Waals surface area contributed by atoms with Gasteiger partial charge < -0.3 is 9.72 Å². The largest absolute Gasteiger partial charge is 0.457 e. The van der Waals surface area contributed by atoms with Gasteiger partial charge in [-0.1, -0.05) is 30.3 Å². The minimum Gasteiger partial charge on any atom is -0.457 e. The zero-order valence-electron chi connectivity index (χ0n) is 12.0. The Morgan fingerprint density at radius 2 is 1.59 bits per heavy atom. The first-order chi connectivity index (χ1) is 10.6. The van der Waals surface area contributed by atoms with Crippen LogP contribution in [0.4, 0.5) is 0 Å². The number of H-pyrrole nitrogens is 1. The Morgan fingerprint density at radius 3 is 2.27 bits per heavy atom. The molecule has 22 heavy (non-hydrogen) atoms. The van der Waals surface area contributed by atoms with Crippen molar-refractivity contribution in [3.05, 3.63) is 81.2 Å². The highest BCUT2D eigenvalue weighted by molar-refractivity contribution is 9.10. The van der Waals surface area contributed by atoms with Crippen molar-refractivity contribution < 1.29 is 4.74 Å². The highest BCUT2D eigenvalue weighted by atomic mass is 79.9. The van der Waals surface area contributed by atoms with Gasteiger partial charge >= 0.3 is 0 Å². The van der Waals surface area contributed by atoms with E-state index in [0.29, 0.717) is 10.0 Å². The Bertz CT molecular complexity index is 839. The Kier molecular flexibility index (Phi) is 4.11. The molecule has 0 unspecified atom stereocenters. The molecule has 3 rings (SSSR count). The molecule has 1 aromatic heterocycles. The lowest BCUT2D eigenvalue weighted by Gasteiger charge is -2.08. The van der Waals surface area contributed by atoms with Crippen molar-refractivity contribution in [1.29, 1.82) is 0 Å². The number of hydrogen-bond donors (Lipinski definition) is 1. The highest BCUT2D eigenvalue weighted by Crippen LogP contribution is 2.26. The predicted molar refractivity (Wildman–Crippen MR) is 91.5 cm³/mol. The van der Waals surface area contributed by atoms with Crippen molar-refractivity contribution >= 4 is 15.9 Å². The highest BCUT2D eigenvalue weighted by Gasteiger charge is 2.10. The zero-order valence-corrected chi connectivity index (χ0v) is 13.6. The number of benzene rings is 2. The van der Waals surface area contributed by atoms with Crippen LogP contribution in [0.25, 0.3) is 11.1 Å². The topological polar surface area (TPSA) is 42.1 Å². The number of halogens is 1. The monoisotopic (exact) mass is 355 g/mol. The fourth-order valence-electron chi connectivity index (χ4n) is 2.26. The molecular weight excluding hydrogens is 342 g/mol. The summed E-state index contributed by atoms with van der Waals surface area (Å²) in [5, 5.41) is 0. The van der Waals surface area contributed by atoms with E-state index in [1.807, 2.05) is 61.5 Å². The third kappa shape index (κ3) is 2.97. The number of rotatable bonds is 3. The van der Waals surface area contributed by atoms with E-state index in [1.165, 1.54) is 0 Å². The van der Waals surface area contributed by atoms with Crippen molar-refractivity contribution in [2.45, 2.75) is 6.92 Å². The predicted octanol–water partition coefficient (Wildman–Crippen LogP) is 4.91. The fourth-order valence-corrected chi connectivity index (χ4v) is 2.57. The molecule has 0 radical (unpaired) electrons. The summed E-state index contributed by atoms with van der Waals surface area (Å²) in [6.07, 6.45) is 1.66. The normalized spacial score (nSPS) is 10.5. The van der Waals surface area contributed by atoms with Gasteiger partial charge in [0.05, 0.1) is 4.47 Å². The van der Waals surface area contributed by atoms with E-state index < -0.39 is 0 Å². The van der Waals surface area contributed by atoms with Crippen molar-refractivity contribution in [1.82, 2.24) is 4.98 Å². The molecule has 0 spiro atoms. The first-order valence-electron chi connectivity index (χ1n) is 6.86. The molecule has 3 nitrogen and oxygen atoms in total. The average Bonchev–Trinajstić information content (AvgIpc) is 2.54. The van der Waals surface area contributed by atoms with Crippen LogP contribution < -0.4 is 10.2 Å². The number of pyridine rings is 1. The SMILES string of the molecule is Cc1[nH]cc(Br)c(=O)c1-c1ccc(Oc2ccccc2)cc1. The zero-order chi connectivity index (χ0) is 15.5. The molecule has 0 saturated carbocycles. The minimum atomic E-state index is -0.0204. The van der Waals surface area contributed by atoms with Gasteiger partial charge in [-0.25, -0.2) is 0 Å². The quantitative estimate of drug-likeness (QED) is 0.725. The van der Waals surface area contributed by atoms with Gasteiger partial charge in [0, 0.05) is 17.5 Å². The summed E-state index contributed by atoms with van der Waals surface area (Å²) in [5.41, 5.74) is 2.35. The molecule has 1 heterocycles. The average molecular weight is 356 g/mol. The number of ether oxygens (including phenoxy) is 1. The van der Waals surface area contributed by atoms with E-state index >= 15 is 0 Å². The van der Waals surface area contributed by atoms with Crippen molar-refractivity contribution in [3.8, 4) is 22.6 Å². The molecule has 0 amide bonds. The van der Waals surface area contributed by atoms with Gasteiger partial charge in [-0.15, -0.1) is 0 Å². The van der Waals surface area contributed by atoms with Crippen LogP contribution in [0.15, 0.2) is 70.1 Å². The summed E-state index contributed by atoms with van der Waals surface area (Å²) in [4.78, 5) is 15.4. The number of aryl methyl sites for hydroxylation is 1. The second kappa shape index (κ2) is 6.20. The van der Waals surface area contributed by atoms with Crippen LogP contribution in [-0.2, 0) is 0 Å². The lowest BCUT2D eigenvalue weighted by atomic mass is 10.0. The summed E-state index contributed by atoms with van der Waals surface area (Å²) in [7, 11) is 0. The van der Waals surface area contributed by atoms with Gasteiger partial charge in [-0.05, 0) is 52.7 Å². The van der Waals surface area contributed by atoms with Gasteiger partial charge in [0.25, 0.3) is 0 Å². The Hall–Kier alpha value is -2.33. The molecule has 0 saturated heterocycles. The van der Waals surface area contributed by atoms with Crippen LogP contribution in [0, 0.1) is 6.92 Å². The van der Waals surface area contributed by atoms with Crippen LogP contribution in [0.3, 0.4) is 0 Å². The third-order valence-corrected chi connectivity index (χ3v) is 3.95. The minimum absolute atomic E-state index is 0.0204. The Morgan fingerprint density at radius 1 is 0.955 bits per heavy atom. The number of aromatic amines is 1. The van der Waals surface area contributed by atoms with E-state index in [1.54, 1.807) is 6.20 Å². The van der Waals surface area contributed by atoms with E-state index in [-0.39, 0.29) is 5.43 Å². The van der Waals surface area contributed by atoms with Crippen molar-refractivity contribution in [2.24, 2.45) is 0 Å². The molecular formula is C18H14BrNO2.